The molecule has 1 nitrogen and oxygen atoms in total. The van der Waals surface area contributed by atoms with Crippen LogP contribution in [-0.2, 0) is 0 Å². The smallest absolute Gasteiger partial charge is 0.256 e. The van der Waals surface area contributed by atoms with Crippen LogP contribution in [0.25, 0.3) is 5.57 Å². The van der Waals surface area contributed by atoms with E-state index in [1.807, 2.05) is 0 Å². The number of hydrogen-bond donors (Lipinski definition) is 0. The largest absolute Gasteiger partial charge is 0.382 e. The van der Waals surface area contributed by atoms with Gasteiger partial charge in [0.15, 0.2) is 0 Å². The highest BCUT2D eigenvalue weighted by Crippen LogP contribution is 2.60. The predicted octanol–water partition coefficient (Wildman–Crippen LogP) is 4.16. The molecule has 0 N–H and O–H groups in total. The van der Waals surface area contributed by atoms with Crippen LogP contribution in [0.3, 0.4) is 0 Å². The van der Waals surface area contributed by atoms with Crippen molar-refractivity contribution in [3.8, 4) is 0 Å². The van der Waals surface area contributed by atoms with Crippen LogP contribution in [0.2, 0.25) is 0 Å². The number of halogens is 9. The molecule has 1 aliphatic rings. The minimum Gasteiger partial charge on any atom is -0.256 e. The third-order valence-electron chi connectivity index (χ3n) is 2.87. The molecule has 0 saturated carbocycles. The summed E-state index contributed by atoms with van der Waals surface area (Å²) in [6.07, 6.45) is -0.462. The van der Waals surface area contributed by atoms with Gasteiger partial charge in [0.25, 0.3) is 0 Å². The van der Waals surface area contributed by atoms with E-state index in [0.717, 1.165) is 0 Å². The van der Waals surface area contributed by atoms with Gasteiger partial charge in [0.1, 0.15) is 5.82 Å². The van der Waals surface area contributed by atoms with Crippen molar-refractivity contribution in [2.24, 2.45) is 0 Å². The topological polar surface area (TPSA) is 12.9 Å². The van der Waals surface area contributed by atoms with Crippen molar-refractivity contribution in [2.75, 3.05) is 0 Å². The van der Waals surface area contributed by atoms with Gasteiger partial charge in [-0.3, -0.25) is 4.98 Å². The zero-order chi connectivity index (χ0) is 16.3. The Balaban J connectivity index is 2.74. The highest BCUT2D eigenvalue weighted by atomic mass is 19.4. The third-order valence-corrected chi connectivity index (χ3v) is 2.87. The van der Waals surface area contributed by atoms with Crippen molar-refractivity contribution in [3.05, 3.63) is 35.9 Å². The van der Waals surface area contributed by atoms with Gasteiger partial charge in [-0.2, -0.15) is 35.1 Å². The Hall–Kier alpha value is -1.74. The molecule has 1 aromatic rings. The van der Waals surface area contributed by atoms with Gasteiger partial charge in [-0.1, -0.05) is 0 Å². The summed E-state index contributed by atoms with van der Waals surface area (Å²) in [5, 5.41) is 0. The molecule has 10 heteroatoms. The van der Waals surface area contributed by atoms with Crippen molar-refractivity contribution in [1.82, 2.24) is 4.98 Å². The molecule has 0 atom stereocenters. The van der Waals surface area contributed by atoms with Crippen LogP contribution in [0.4, 0.5) is 39.5 Å². The fourth-order valence-electron chi connectivity index (χ4n) is 1.73. The van der Waals surface area contributed by atoms with Crippen LogP contribution in [0, 0.1) is 5.82 Å². The molecule has 1 aliphatic carbocycles. The van der Waals surface area contributed by atoms with Gasteiger partial charge < -0.3 is 0 Å². The monoisotopic (exact) mass is 321 g/mol. The standard InChI is InChI=1S/C11H4F9N/c12-5-1-2-21-7(3-5)6-4-8(13,14)10(17,18)11(19,20)9(6,15)16/h1-4H. The van der Waals surface area contributed by atoms with E-state index in [1.165, 1.54) is 0 Å². The fraction of sp³-hybridized carbons (Fsp3) is 0.364. The second-order valence-electron chi connectivity index (χ2n) is 4.26. The molecule has 0 saturated heterocycles. The average Bonchev–Trinajstić information content (AvgIpc) is 2.34. The Morgan fingerprint density at radius 1 is 0.857 bits per heavy atom. The van der Waals surface area contributed by atoms with E-state index in [2.05, 4.69) is 4.98 Å². The van der Waals surface area contributed by atoms with E-state index >= 15 is 0 Å². The van der Waals surface area contributed by atoms with Crippen molar-refractivity contribution >= 4 is 5.57 Å². The van der Waals surface area contributed by atoms with Crippen LogP contribution in [-0.4, -0.2) is 28.7 Å². The van der Waals surface area contributed by atoms with Gasteiger partial charge in [0, 0.05) is 18.3 Å². The normalized spacial score (nSPS) is 25.3. The predicted molar refractivity (Wildman–Crippen MR) is 52.0 cm³/mol. The number of pyridine rings is 1. The maximum atomic E-state index is 13.5. The molecule has 0 unspecified atom stereocenters. The molecule has 0 aliphatic heterocycles. The summed E-state index contributed by atoms with van der Waals surface area (Å²) in [7, 11) is 0. The van der Waals surface area contributed by atoms with E-state index < -0.39 is 46.9 Å². The van der Waals surface area contributed by atoms with E-state index in [-0.39, 0.29) is 6.07 Å². The molecule has 21 heavy (non-hydrogen) atoms. The van der Waals surface area contributed by atoms with Crippen LogP contribution in [0.15, 0.2) is 24.4 Å². The third kappa shape index (κ3) is 1.91. The van der Waals surface area contributed by atoms with Crippen molar-refractivity contribution < 1.29 is 39.5 Å². The molecular formula is C11H4F9N. The molecule has 0 amide bonds. The summed E-state index contributed by atoms with van der Waals surface area (Å²) in [4.78, 5) is 3.04. The van der Waals surface area contributed by atoms with Gasteiger partial charge in [0.05, 0.1) is 11.3 Å². The molecule has 116 valence electrons. The van der Waals surface area contributed by atoms with Gasteiger partial charge >= 0.3 is 23.7 Å². The molecule has 0 radical (unpaired) electrons. The molecule has 0 spiro atoms. The van der Waals surface area contributed by atoms with E-state index in [9.17, 15) is 39.5 Å². The zero-order valence-corrected chi connectivity index (χ0v) is 9.66. The molecule has 1 aromatic heterocycles. The van der Waals surface area contributed by atoms with Gasteiger partial charge in [-0.25, -0.2) is 4.39 Å². The lowest BCUT2D eigenvalue weighted by atomic mass is 9.84. The van der Waals surface area contributed by atoms with Gasteiger partial charge in [-0.05, 0) is 6.07 Å². The number of alkyl halides is 8. The quantitative estimate of drug-likeness (QED) is 0.708. The Morgan fingerprint density at radius 2 is 1.43 bits per heavy atom. The molecule has 2 rings (SSSR count). The van der Waals surface area contributed by atoms with E-state index in [4.69, 9.17) is 0 Å². The van der Waals surface area contributed by atoms with Crippen molar-refractivity contribution in [1.29, 1.82) is 0 Å². The van der Waals surface area contributed by atoms with Crippen LogP contribution < -0.4 is 0 Å². The Morgan fingerprint density at radius 3 is 1.95 bits per heavy atom. The lowest BCUT2D eigenvalue weighted by Gasteiger charge is -2.40. The summed E-state index contributed by atoms with van der Waals surface area (Å²) in [5.74, 6) is -25.1. The first-order valence-electron chi connectivity index (χ1n) is 5.21. The summed E-state index contributed by atoms with van der Waals surface area (Å²) in [6.45, 7) is 0. The van der Waals surface area contributed by atoms with Crippen LogP contribution >= 0.6 is 0 Å². The average molecular weight is 321 g/mol. The first-order chi connectivity index (χ1) is 9.34. The van der Waals surface area contributed by atoms with Crippen molar-refractivity contribution in [3.63, 3.8) is 0 Å². The minimum absolute atomic E-state index is 0.162. The molecule has 1 heterocycles. The van der Waals surface area contributed by atoms with Gasteiger partial charge in [0.2, 0.25) is 0 Å². The maximum Gasteiger partial charge on any atom is 0.382 e. The number of allylic oxidation sites excluding steroid dienone is 2. The van der Waals surface area contributed by atoms with Crippen LogP contribution in [0.1, 0.15) is 5.69 Å². The summed E-state index contributed by atoms with van der Waals surface area (Å²) < 4.78 is 118. The molecule has 0 bridgehead atoms. The Labute approximate surface area is 111 Å². The Bertz CT molecular complexity index is 605. The summed E-state index contributed by atoms with van der Waals surface area (Å²) in [6, 6.07) is 0.797. The fourth-order valence-corrected chi connectivity index (χ4v) is 1.73. The molecular weight excluding hydrogens is 317 g/mol. The van der Waals surface area contributed by atoms with E-state index in [1.54, 1.807) is 0 Å². The van der Waals surface area contributed by atoms with E-state index in [0.29, 0.717) is 12.3 Å². The number of rotatable bonds is 1. The first-order valence-corrected chi connectivity index (χ1v) is 5.21. The number of nitrogens with zero attached hydrogens (tertiary/aromatic N) is 1. The van der Waals surface area contributed by atoms with Crippen LogP contribution in [0.5, 0.6) is 0 Å². The van der Waals surface area contributed by atoms with Crippen molar-refractivity contribution in [2.45, 2.75) is 23.7 Å². The van der Waals surface area contributed by atoms with Gasteiger partial charge in [-0.15, -0.1) is 0 Å². The second-order valence-corrected chi connectivity index (χ2v) is 4.26. The molecule has 0 aromatic carbocycles. The zero-order valence-electron chi connectivity index (χ0n) is 9.66. The first kappa shape index (κ1) is 15.6. The Kier molecular flexibility index (Phi) is 3.08. The lowest BCUT2D eigenvalue weighted by molar-refractivity contribution is -0.348. The summed E-state index contributed by atoms with van der Waals surface area (Å²) >= 11 is 0. The number of hydrogen-bond acceptors (Lipinski definition) is 1. The SMILES string of the molecule is Fc1ccnc(C2=CC(F)(F)C(F)(F)C(F)(F)C2(F)F)c1. The number of aromatic nitrogens is 1. The summed E-state index contributed by atoms with van der Waals surface area (Å²) in [5.41, 5.74) is -3.45. The highest BCUT2D eigenvalue weighted by molar-refractivity contribution is 5.72. The highest BCUT2D eigenvalue weighted by Gasteiger charge is 2.83. The molecule has 0 fully saturated rings. The maximum absolute atomic E-state index is 13.5. The minimum atomic E-state index is -6.37. The lowest BCUT2D eigenvalue weighted by Crippen LogP contribution is -2.65. The second kappa shape index (κ2) is 4.14.